The van der Waals surface area contributed by atoms with Crippen molar-refractivity contribution in [3.8, 4) is 11.5 Å². The average molecular weight is 348 g/mol. The van der Waals surface area contributed by atoms with Gasteiger partial charge in [0.2, 0.25) is 0 Å². The van der Waals surface area contributed by atoms with Crippen LogP contribution in [0.15, 0.2) is 48.5 Å². The number of benzene rings is 2. The number of ether oxygens (including phenoxy) is 2. The first-order valence-corrected chi connectivity index (χ1v) is 8.46. The Morgan fingerprint density at radius 3 is 2.54 bits per heavy atom. The number of carbonyl (C=O) groups excluding carboxylic acids is 1. The van der Waals surface area contributed by atoms with Crippen LogP contribution < -0.4 is 14.8 Å². The van der Waals surface area contributed by atoms with Gasteiger partial charge in [0.15, 0.2) is 6.61 Å². The molecular formula is C19H22ClNO3. The highest BCUT2D eigenvalue weighted by Gasteiger charge is 2.05. The maximum atomic E-state index is 11.9. The van der Waals surface area contributed by atoms with E-state index in [4.69, 9.17) is 21.1 Å². The molecule has 24 heavy (non-hydrogen) atoms. The molecule has 0 aromatic heterocycles. The molecule has 2 aromatic carbocycles. The van der Waals surface area contributed by atoms with Crippen molar-refractivity contribution in [1.82, 2.24) is 0 Å². The minimum absolute atomic E-state index is 0.0776. The van der Waals surface area contributed by atoms with E-state index >= 15 is 0 Å². The first kappa shape index (κ1) is 18.1. The maximum absolute atomic E-state index is 11.9. The van der Waals surface area contributed by atoms with E-state index in [-0.39, 0.29) is 12.5 Å². The quantitative estimate of drug-likeness (QED) is 0.654. The van der Waals surface area contributed by atoms with Gasteiger partial charge in [0, 0.05) is 16.8 Å². The van der Waals surface area contributed by atoms with Crippen LogP contribution in [0.5, 0.6) is 11.5 Å². The molecule has 0 bridgehead atoms. The lowest BCUT2D eigenvalue weighted by molar-refractivity contribution is -0.118. The lowest BCUT2D eigenvalue weighted by atomic mass is 10.3. The number of amides is 1. The summed E-state index contributed by atoms with van der Waals surface area (Å²) >= 11 is 5.88. The number of rotatable bonds is 9. The zero-order valence-corrected chi connectivity index (χ0v) is 14.5. The Balaban J connectivity index is 1.79. The molecule has 0 spiro atoms. The smallest absolute Gasteiger partial charge is 0.262 e. The number of hydrogen-bond acceptors (Lipinski definition) is 3. The van der Waals surface area contributed by atoms with Gasteiger partial charge < -0.3 is 14.8 Å². The number of nitrogens with one attached hydrogen (secondary N) is 1. The summed E-state index contributed by atoms with van der Waals surface area (Å²) in [6.45, 7) is 2.77. The Morgan fingerprint density at radius 2 is 1.79 bits per heavy atom. The van der Waals surface area contributed by atoms with Crippen LogP contribution in [0.2, 0.25) is 5.02 Å². The second-order valence-corrected chi connectivity index (χ2v) is 5.81. The Labute approximate surface area is 147 Å². The lowest BCUT2D eigenvalue weighted by Gasteiger charge is -2.10. The molecule has 0 atom stereocenters. The van der Waals surface area contributed by atoms with Crippen molar-refractivity contribution in [2.24, 2.45) is 0 Å². The van der Waals surface area contributed by atoms with E-state index in [1.165, 1.54) is 0 Å². The van der Waals surface area contributed by atoms with Gasteiger partial charge >= 0.3 is 0 Å². The van der Waals surface area contributed by atoms with Crippen LogP contribution in [0.4, 0.5) is 5.69 Å². The van der Waals surface area contributed by atoms with Crippen molar-refractivity contribution in [1.29, 1.82) is 0 Å². The highest BCUT2D eigenvalue weighted by atomic mass is 35.5. The van der Waals surface area contributed by atoms with Crippen LogP contribution in [0.3, 0.4) is 0 Å². The second-order valence-electron chi connectivity index (χ2n) is 5.38. The van der Waals surface area contributed by atoms with E-state index in [1.54, 1.807) is 36.4 Å². The zero-order valence-electron chi connectivity index (χ0n) is 13.8. The summed E-state index contributed by atoms with van der Waals surface area (Å²) in [7, 11) is 0. The first-order valence-electron chi connectivity index (χ1n) is 8.08. The first-order chi connectivity index (χ1) is 11.7. The summed E-state index contributed by atoms with van der Waals surface area (Å²) in [5, 5.41) is 3.31. The SMILES string of the molecule is CCCCCOc1cccc(OCC(=O)Nc2cccc(Cl)c2)c1. The van der Waals surface area contributed by atoms with Gasteiger partial charge in [0.05, 0.1) is 6.61 Å². The number of carbonyl (C=O) groups is 1. The van der Waals surface area contributed by atoms with Crippen LogP contribution in [0, 0.1) is 0 Å². The number of halogens is 1. The summed E-state index contributed by atoms with van der Waals surface area (Å²) in [5.74, 6) is 1.11. The molecule has 0 aliphatic rings. The van der Waals surface area contributed by atoms with Gasteiger partial charge in [-0.1, -0.05) is 43.5 Å². The van der Waals surface area contributed by atoms with Gasteiger partial charge in [0.25, 0.3) is 5.91 Å². The Kier molecular flexibility index (Phi) is 7.43. The fourth-order valence-corrected chi connectivity index (χ4v) is 2.30. The molecule has 0 heterocycles. The molecule has 0 radical (unpaired) electrons. The van der Waals surface area contributed by atoms with Crippen molar-refractivity contribution in [2.45, 2.75) is 26.2 Å². The van der Waals surface area contributed by atoms with E-state index in [0.717, 1.165) is 25.0 Å². The summed E-state index contributed by atoms with van der Waals surface area (Å²) in [4.78, 5) is 11.9. The number of hydrogen-bond donors (Lipinski definition) is 1. The fourth-order valence-electron chi connectivity index (χ4n) is 2.11. The normalized spacial score (nSPS) is 10.2. The minimum Gasteiger partial charge on any atom is -0.493 e. The maximum Gasteiger partial charge on any atom is 0.262 e. The predicted molar refractivity (Wildman–Crippen MR) is 97.0 cm³/mol. The highest BCUT2D eigenvalue weighted by molar-refractivity contribution is 6.30. The van der Waals surface area contributed by atoms with E-state index in [0.29, 0.717) is 23.1 Å². The van der Waals surface area contributed by atoms with Crippen molar-refractivity contribution in [2.75, 3.05) is 18.5 Å². The van der Waals surface area contributed by atoms with Gasteiger partial charge in [-0.2, -0.15) is 0 Å². The third-order valence-corrected chi connectivity index (χ3v) is 3.54. The monoisotopic (exact) mass is 347 g/mol. The van der Waals surface area contributed by atoms with E-state index in [2.05, 4.69) is 12.2 Å². The average Bonchev–Trinajstić information content (AvgIpc) is 2.57. The van der Waals surface area contributed by atoms with Crippen LogP contribution in [0.25, 0.3) is 0 Å². The predicted octanol–water partition coefficient (Wildman–Crippen LogP) is 4.93. The van der Waals surface area contributed by atoms with E-state index < -0.39 is 0 Å². The minimum atomic E-state index is -0.244. The van der Waals surface area contributed by atoms with Crippen LogP contribution in [-0.4, -0.2) is 19.1 Å². The molecule has 4 nitrogen and oxygen atoms in total. The fraction of sp³-hybridized carbons (Fsp3) is 0.316. The molecule has 0 aliphatic carbocycles. The van der Waals surface area contributed by atoms with E-state index in [9.17, 15) is 4.79 Å². The molecule has 0 saturated heterocycles. The molecular weight excluding hydrogens is 326 g/mol. The van der Waals surface area contributed by atoms with Crippen LogP contribution >= 0.6 is 11.6 Å². The van der Waals surface area contributed by atoms with Crippen molar-refractivity contribution in [3.05, 3.63) is 53.6 Å². The number of unbranched alkanes of at least 4 members (excludes halogenated alkanes) is 2. The van der Waals surface area contributed by atoms with Crippen LogP contribution in [0.1, 0.15) is 26.2 Å². The Bertz CT molecular complexity index is 661. The zero-order chi connectivity index (χ0) is 17.2. The molecule has 0 unspecified atom stereocenters. The molecule has 1 amide bonds. The largest absolute Gasteiger partial charge is 0.493 e. The molecule has 2 aromatic rings. The Hall–Kier alpha value is -2.20. The third kappa shape index (κ3) is 6.50. The Morgan fingerprint density at radius 1 is 1.04 bits per heavy atom. The van der Waals surface area contributed by atoms with Gasteiger partial charge in [0.1, 0.15) is 11.5 Å². The summed E-state index contributed by atoms with van der Waals surface area (Å²) < 4.78 is 11.2. The molecule has 2 rings (SSSR count). The van der Waals surface area contributed by atoms with Crippen molar-refractivity contribution < 1.29 is 14.3 Å². The molecule has 1 N–H and O–H groups in total. The summed E-state index contributed by atoms with van der Waals surface area (Å²) in [6, 6.07) is 14.3. The summed E-state index contributed by atoms with van der Waals surface area (Å²) in [5.41, 5.74) is 0.643. The van der Waals surface area contributed by atoms with Gasteiger partial charge in [-0.05, 0) is 36.8 Å². The third-order valence-electron chi connectivity index (χ3n) is 3.30. The van der Waals surface area contributed by atoms with E-state index in [1.807, 2.05) is 12.1 Å². The highest BCUT2D eigenvalue weighted by Crippen LogP contribution is 2.20. The van der Waals surface area contributed by atoms with Gasteiger partial charge in [-0.25, -0.2) is 0 Å². The topological polar surface area (TPSA) is 47.6 Å². The number of anilines is 1. The molecule has 5 heteroatoms. The molecule has 0 saturated carbocycles. The van der Waals surface area contributed by atoms with Crippen molar-refractivity contribution >= 4 is 23.2 Å². The molecule has 128 valence electrons. The molecule has 0 fully saturated rings. The van der Waals surface area contributed by atoms with Gasteiger partial charge in [-0.15, -0.1) is 0 Å². The summed E-state index contributed by atoms with van der Waals surface area (Å²) in [6.07, 6.45) is 3.34. The second kappa shape index (κ2) is 9.83. The van der Waals surface area contributed by atoms with Crippen molar-refractivity contribution in [3.63, 3.8) is 0 Å². The molecule has 0 aliphatic heterocycles. The van der Waals surface area contributed by atoms with Crippen LogP contribution in [-0.2, 0) is 4.79 Å². The lowest BCUT2D eigenvalue weighted by Crippen LogP contribution is -2.20. The van der Waals surface area contributed by atoms with Gasteiger partial charge in [-0.3, -0.25) is 4.79 Å². The standard InChI is InChI=1S/C19H22ClNO3/c1-2-3-4-11-23-17-9-6-10-18(13-17)24-14-19(22)21-16-8-5-7-15(20)12-16/h5-10,12-13H,2-4,11,14H2,1H3,(H,21,22).